The maximum atomic E-state index is 10.4. The topological polar surface area (TPSA) is 65.5 Å². The second-order valence-electron chi connectivity index (χ2n) is 3.92. The number of nitrogens with one attached hydrogen (secondary N) is 1. The number of amides is 1. The van der Waals surface area contributed by atoms with Gasteiger partial charge in [0.1, 0.15) is 0 Å². The smallest absolute Gasteiger partial charge is 0.409 e. The molecule has 0 atom stereocenters. The molecule has 0 saturated heterocycles. The van der Waals surface area contributed by atoms with Crippen molar-refractivity contribution in [3.8, 4) is 0 Å². The molecule has 0 aliphatic carbocycles. The Kier molecular flexibility index (Phi) is 4.72. The summed E-state index contributed by atoms with van der Waals surface area (Å²) in [5.74, 6) is 0. The summed E-state index contributed by atoms with van der Waals surface area (Å²) in [5, 5.41) is 10.8. The molecule has 0 fully saturated rings. The fourth-order valence-electron chi connectivity index (χ4n) is 1.42. The summed E-state index contributed by atoms with van der Waals surface area (Å²) < 4.78 is 0. The number of carboxylic acid groups (broad SMARTS) is 1. The van der Waals surface area contributed by atoms with Gasteiger partial charge in [-0.3, -0.25) is 10.3 Å². The van der Waals surface area contributed by atoms with E-state index in [9.17, 15) is 4.79 Å². The summed E-state index contributed by atoms with van der Waals surface area (Å²) >= 11 is 0. The van der Waals surface area contributed by atoms with Gasteiger partial charge in [-0.1, -0.05) is 0 Å². The van der Waals surface area contributed by atoms with Gasteiger partial charge in [0.15, 0.2) is 0 Å². The molecule has 0 spiro atoms. The van der Waals surface area contributed by atoms with Crippen LogP contribution >= 0.6 is 0 Å². The summed E-state index contributed by atoms with van der Waals surface area (Å²) in [6, 6.07) is 1.82. The maximum absolute atomic E-state index is 10.4. The van der Waals surface area contributed by atoms with Gasteiger partial charge in [0.05, 0.1) is 11.9 Å². The summed E-state index contributed by atoms with van der Waals surface area (Å²) in [4.78, 5) is 16.6. The van der Waals surface area contributed by atoms with Gasteiger partial charge in [0, 0.05) is 6.20 Å². The lowest BCUT2D eigenvalue weighted by molar-refractivity contribution is 0.209. The number of hydrogen-bond donors (Lipinski definition) is 2. The van der Waals surface area contributed by atoms with Crippen LogP contribution in [-0.4, -0.2) is 41.7 Å². The van der Waals surface area contributed by atoms with Crippen LogP contribution in [0.5, 0.6) is 0 Å². The molecule has 1 aromatic rings. The number of aromatic nitrogens is 1. The second-order valence-corrected chi connectivity index (χ2v) is 3.92. The van der Waals surface area contributed by atoms with Crippen molar-refractivity contribution in [3.63, 3.8) is 0 Å². The third kappa shape index (κ3) is 4.75. The van der Waals surface area contributed by atoms with Gasteiger partial charge >= 0.3 is 6.09 Å². The minimum atomic E-state index is -1.06. The number of hydrogen-bond acceptors (Lipinski definition) is 3. The highest BCUT2D eigenvalue weighted by molar-refractivity contribution is 5.82. The van der Waals surface area contributed by atoms with Crippen molar-refractivity contribution in [1.82, 2.24) is 9.88 Å². The lowest BCUT2D eigenvalue weighted by atomic mass is 10.1. The zero-order chi connectivity index (χ0) is 12.0. The van der Waals surface area contributed by atoms with Gasteiger partial charge in [0.25, 0.3) is 0 Å². The van der Waals surface area contributed by atoms with E-state index in [2.05, 4.69) is 15.2 Å². The number of pyridine rings is 1. The summed E-state index contributed by atoms with van der Waals surface area (Å²) in [6.07, 6.45) is 4.14. The van der Waals surface area contributed by atoms with Crippen LogP contribution in [0.15, 0.2) is 18.5 Å². The lowest BCUT2D eigenvalue weighted by Crippen LogP contribution is -2.13. The first-order valence-corrected chi connectivity index (χ1v) is 5.16. The third-order valence-corrected chi connectivity index (χ3v) is 2.12. The summed E-state index contributed by atoms with van der Waals surface area (Å²) in [7, 11) is 4.06. The molecular weight excluding hydrogens is 206 g/mol. The molecular formula is C11H17N3O2. The molecule has 0 bridgehead atoms. The first-order valence-electron chi connectivity index (χ1n) is 5.16. The van der Waals surface area contributed by atoms with Crippen LogP contribution in [-0.2, 0) is 6.42 Å². The Bertz CT molecular complexity index is 353. The molecule has 1 amide bonds. The minimum Gasteiger partial charge on any atom is -0.465 e. The van der Waals surface area contributed by atoms with Gasteiger partial charge in [-0.2, -0.15) is 0 Å². The van der Waals surface area contributed by atoms with Gasteiger partial charge in [-0.15, -0.1) is 0 Å². The normalized spacial score (nSPS) is 10.4. The summed E-state index contributed by atoms with van der Waals surface area (Å²) in [5.41, 5.74) is 1.57. The Morgan fingerprint density at radius 1 is 1.50 bits per heavy atom. The first-order chi connectivity index (χ1) is 7.58. The number of carbonyl (C=O) groups is 1. The SMILES string of the molecule is CN(C)CCCc1cncc(NC(=O)O)c1. The van der Waals surface area contributed by atoms with E-state index in [-0.39, 0.29) is 0 Å². The fourth-order valence-corrected chi connectivity index (χ4v) is 1.42. The summed E-state index contributed by atoms with van der Waals surface area (Å²) in [6.45, 7) is 1.01. The van der Waals surface area contributed by atoms with Gasteiger partial charge in [-0.25, -0.2) is 4.79 Å². The average Bonchev–Trinajstić information content (AvgIpc) is 2.16. The van der Waals surface area contributed by atoms with Crippen molar-refractivity contribution >= 4 is 11.8 Å². The Labute approximate surface area is 95.1 Å². The molecule has 5 heteroatoms. The van der Waals surface area contributed by atoms with Crippen molar-refractivity contribution in [1.29, 1.82) is 0 Å². The van der Waals surface area contributed by atoms with Crippen LogP contribution in [0.4, 0.5) is 10.5 Å². The van der Waals surface area contributed by atoms with Gasteiger partial charge in [0.2, 0.25) is 0 Å². The van der Waals surface area contributed by atoms with E-state index in [1.807, 2.05) is 20.2 Å². The molecule has 16 heavy (non-hydrogen) atoms. The van der Waals surface area contributed by atoms with E-state index < -0.39 is 6.09 Å². The second kappa shape index (κ2) is 6.07. The molecule has 0 aromatic carbocycles. The van der Waals surface area contributed by atoms with E-state index in [0.717, 1.165) is 24.9 Å². The molecule has 1 rings (SSSR count). The number of anilines is 1. The average molecular weight is 223 g/mol. The molecule has 1 aromatic heterocycles. The highest BCUT2D eigenvalue weighted by atomic mass is 16.4. The molecule has 2 N–H and O–H groups in total. The van der Waals surface area contributed by atoms with Crippen molar-refractivity contribution in [2.45, 2.75) is 12.8 Å². The van der Waals surface area contributed by atoms with Crippen LogP contribution in [0.25, 0.3) is 0 Å². The molecule has 0 aliphatic rings. The monoisotopic (exact) mass is 223 g/mol. The minimum absolute atomic E-state index is 0.523. The van der Waals surface area contributed by atoms with Crippen molar-refractivity contribution in [2.24, 2.45) is 0 Å². The van der Waals surface area contributed by atoms with E-state index >= 15 is 0 Å². The molecule has 0 unspecified atom stereocenters. The van der Waals surface area contributed by atoms with Gasteiger partial charge in [-0.05, 0) is 45.1 Å². The Morgan fingerprint density at radius 3 is 2.88 bits per heavy atom. The largest absolute Gasteiger partial charge is 0.465 e. The van der Waals surface area contributed by atoms with Crippen molar-refractivity contribution in [2.75, 3.05) is 26.0 Å². The first kappa shape index (κ1) is 12.4. The van der Waals surface area contributed by atoms with E-state index in [1.54, 1.807) is 6.20 Å². The lowest BCUT2D eigenvalue weighted by Gasteiger charge is -2.09. The zero-order valence-corrected chi connectivity index (χ0v) is 9.60. The van der Waals surface area contributed by atoms with E-state index in [0.29, 0.717) is 5.69 Å². The number of aryl methyl sites for hydroxylation is 1. The standard InChI is InChI=1S/C11H17N3O2/c1-14(2)5-3-4-9-6-10(8-12-7-9)13-11(15)16/h6-8,13H,3-5H2,1-2H3,(H,15,16). The Hall–Kier alpha value is -1.62. The highest BCUT2D eigenvalue weighted by Crippen LogP contribution is 2.10. The predicted octanol–water partition coefficient (Wildman–Crippen LogP) is 1.67. The zero-order valence-electron chi connectivity index (χ0n) is 9.60. The molecule has 0 radical (unpaired) electrons. The maximum Gasteiger partial charge on any atom is 0.409 e. The van der Waals surface area contributed by atoms with E-state index in [1.165, 1.54) is 6.20 Å². The highest BCUT2D eigenvalue weighted by Gasteiger charge is 2.00. The van der Waals surface area contributed by atoms with Crippen LogP contribution in [0.1, 0.15) is 12.0 Å². The van der Waals surface area contributed by atoms with Crippen LogP contribution in [0.2, 0.25) is 0 Å². The van der Waals surface area contributed by atoms with E-state index in [4.69, 9.17) is 5.11 Å². The van der Waals surface area contributed by atoms with Crippen molar-refractivity contribution in [3.05, 3.63) is 24.0 Å². The van der Waals surface area contributed by atoms with Crippen LogP contribution in [0.3, 0.4) is 0 Å². The number of rotatable bonds is 5. The fraction of sp³-hybridized carbons (Fsp3) is 0.455. The molecule has 0 aliphatic heterocycles. The third-order valence-electron chi connectivity index (χ3n) is 2.12. The Morgan fingerprint density at radius 2 is 2.25 bits per heavy atom. The van der Waals surface area contributed by atoms with Crippen LogP contribution in [0, 0.1) is 0 Å². The Balaban J connectivity index is 2.50. The predicted molar refractivity (Wildman–Crippen MR) is 62.8 cm³/mol. The molecule has 0 saturated carbocycles. The number of nitrogens with zero attached hydrogens (tertiary/aromatic N) is 2. The van der Waals surface area contributed by atoms with Crippen LogP contribution < -0.4 is 5.32 Å². The molecule has 1 heterocycles. The molecule has 5 nitrogen and oxygen atoms in total. The quantitative estimate of drug-likeness (QED) is 0.796. The van der Waals surface area contributed by atoms with Gasteiger partial charge < -0.3 is 10.0 Å². The van der Waals surface area contributed by atoms with Crippen molar-refractivity contribution < 1.29 is 9.90 Å². The molecule has 88 valence electrons.